The minimum Gasteiger partial charge on any atom is -0.307 e. The third-order valence-corrected chi connectivity index (χ3v) is 6.59. The molecule has 1 amide bonds. The molecule has 0 heterocycles. The van der Waals surface area contributed by atoms with E-state index >= 15 is 0 Å². The van der Waals surface area contributed by atoms with Crippen molar-refractivity contribution < 1.29 is 26.4 Å². The molecule has 0 aliphatic heterocycles. The predicted molar refractivity (Wildman–Crippen MR) is 103 cm³/mol. The van der Waals surface area contributed by atoms with Crippen molar-refractivity contribution >= 4 is 33.2 Å². The van der Waals surface area contributed by atoms with Crippen LogP contribution in [0.1, 0.15) is 57.4 Å². The number of halogens is 4. The molecule has 158 valence electrons. The molecular weight excluding hydrogens is 417 g/mol. The Kier molecular flexibility index (Phi) is 7.38. The Balaban J connectivity index is 2.62. The zero-order valence-corrected chi connectivity index (χ0v) is 17.1. The molecule has 1 aromatic rings. The van der Waals surface area contributed by atoms with E-state index in [4.69, 9.17) is 16.7 Å². The molecule has 1 aromatic carbocycles. The van der Waals surface area contributed by atoms with Gasteiger partial charge in [0.25, 0.3) is 0 Å². The first kappa shape index (κ1) is 23.0. The number of unbranched alkanes of at least 4 members (excludes halogenated alkanes) is 1. The van der Waals surface area contributed by atoms with Gasteiger partial charge < -0.3 is 4.90 Å². The summed E-state index contributed by atoms with van der Waals surface area (Å²) in [4.78, 5) is 13.9. The number of hydrogen-bond acceptors (Lipinski definition) is 3. The van der Waals surface area contributed by atoms with Crippen molar-refractivity contribution in [2.45, 2.75) is 69.3 Å². The Bertz CT molecular complexity index is 815. The number of nitrogens with zero attached hydrogens (tertiary/aromatic N) is 1. The van der Waals surface area contributed by atoms with E-state index in [9.17, 15) is 26.4 Å². The number of nitrogens with two attached hydrogens (primary N) is 1. The summed E-state index contributed by atoms with van der Waals surface area (Å²) < 4.78 is 65.2. The zero-order chi connectivity index (χ0) is 21.1. The average molecular weight is 441 g/mol. The second-order valence-corrected chi connectivity index (χ2v) is 9.23. The lowest BCUT2D eigenvalue weighted by atomic mass is 9.92. The lowest BCUT2D eigenvalue weighted by Gasteiger charge is -2.40. The van der Waals surface area contributed by atoms with Crippen LogP contribution in [-0.4, -0.2) is 25.6 Å². The lowest BCUT2D eigenvalue weighted by Crippen LogP contribution is -2.53. The van der Waals surface area contributed by atoms with E-state index in [1.54, 1.807) is 0 Å². The summed E-state index contributed by atoms with van der Waals surface area (Å²) in [6.45, 7) is 1.86. The molecule has 1 fully saturated rings. The van der Waals surface area contributed by atoms with Gasteiger partial charge in [0.05, 0.1) is 22.5 Å². The summed E-state index contributed by atoms with van der Waals surface area (Å²) in [5.74, 6) is -0.546. The Morgan fingerprint density at radius 2 is 1.93 bits per heavy atom. The quantitative estimate of drug-likeness (QED) is 0.708. The average Bonchev–Trinajstić information content (AvgIpc) is 2.60. The summed E-state index contributed by atoms with van der Waals surface area (Å²) in [6.07, 6.45) is -1.93. The molecule has 0 saturated heterocycles. The molecule has 1 saturated carbocycles. The number of alkyl halides is 3. The largest absolute Gasteiger partial charge is 0.418 e. The lowest BCUT2D eigenvalue weighted by molar-refractivity contribution is -0.137. The van der Waals surface area contributed by atoms with Gasteiger partial charge in [-0.05, 0) is 37.5 Å². The standard InChI is InChI=1S/C18H24ClF3N2O3S/c1-2-3-8-17(25)24(15-6-4-5-7-16(15)28(23,26)27)14-10-9-12(19)11-13(14)18(20,21)22/h9-11,15-16H,2-8H2,1H3,(H2,23,26,27). The van der Waals surface area contributed by atoms with Gasteiger partial charge in [-0.25, -0.2) is 13.6 Å². The van der Waals surface area contributed by atoms with Crippen molar-refractivity contribution in [3.05, 3.63) is 28.8 Å². The first-order valence-corrected chi connectivity index (χ1v) is 11.2. The number of primary sulfonamides is 1. The predicted octanol–water partition coefficient (Wildman–Crippen LogP) is 4.48. The maximum atomic E-state index is 13.7. The SMILES string of the molecule is CCCCC(=O)N(c1ccc(Cl)cc1C(F)(F)F)C1CCCCC1S(N)(=O)=O. The van der Waals surface area contributed by atoms with Gasteiger partial charge in [-0.15, -0.1) is 0 Å². The summed E-state index contributed by atoms with van der Waals surface area (Å²) in [7, 11) is -4.04. The maximum absolute atomic E-state index is 13.7. The normalized spacial score (nSPS) is 20.8. The van der Waals surface area contributed by atoms with E-state index in [0.717, 1.165) is 17.0 Å². The van der Waals surface area contributed by atoms with Gasteiger partial charge >= 0.3 is 6.18 Å². The van der Waals surface area contributed by atoms with E-state index in [2.05, 4.69) is 0 Å². The molecule has 2 rings (SSSR count). The first-order chi connectivity index (χ1) is 13.0. The third-order valence-electron chi connectivity index (χ3n) is 4.96. The summed E-state index contributed by atoms with van der Waals surface area (Å²) >= 11 is 5.76. The monoisotopic (exact) mass is 440 g/mol. The molecule has 10 heteroatoms. The second kappa shape index (κ2) is 9.00. The third kappa shape index (κ3) is 5.39. The van der Waals surface area contributed by atoms with Gasteiger partial charge in [0.15, 0.2) is 0 Å². The number of amides is 1. The molecule has 2 atom stereocenters. The highest BCUT2D eigenvalue weighted by Gasteiger charge is 2.43. The molecular formula is C18H24ClF3N2O3S. The minimum absolute atomic E-state index is 0.0181. The van der Waals surface area contributed by atoms with Crippen LogP contribution >= 0.6 is 11.6 Å². The highest BCUT2D eigenvalue weighted by atomic mass is 35.5. The number of carbonyl (C=O) groups excluding carboxylic acids is 1. The van der Waals surface area contributed by atoms with E-state index in [1.165, 1.54) is 6.07 Å². The second-order valence-electron chi connectivity index (χ2n) is 7.01. The Morgan fingerprint density at radius 3 is 2.50 bits per heavy atom. The van der Waals surface area contributed by atoms with Gasteiger partial charge in [0.1, 0.15) is 0 Å². The highest BCUT2D eigenvalue weighted by Crippen LogP contribution is 2.41. The van der Waals surface area contributed by atoms with Crippen LogP contribution < -0.4 is 10.0 Å². The molecule has 28 heavy (non-hydrogen) atoms. The van der Waals surface area contributed by atoms with Crippen molar-refractivity contribution in [3.8, 4) is 0 Å². The number of hydrogen-bond donors (Lipinski definition) is 1. The number of rotatable bonds is 6. The van der Waals surface area contributed by atoms with Crippen LogP contribution in [0.5, 0.6) is 0 Å². The van der Waals surface area contributed by atoms with Crippen LogP contribution in [0.15, 0.2) is 18.2 Å². The molecule has 0 bridgehead atoms. The fraction of sp³-hybridized carbons (Fsp3) is 0.611. The fourth-order valence-corrected chi connectivity index (χ4v) is 5.01. The number of carbonyl (C=O) groups is 1. The molecule has 2 N–H and O–H groups in total. The van der Waals surface area contributed by atoms with Gasteiger partial charge in [-0.1, -0.05) is 37.8 Å². The summed E-state index contributed by atoms with van der Waals surface area (Å²) in [5.41, 5.74) is -1.44. The van der Waals surface area contributed by atoms with E-state index in [1.807, 2.05) is 6.92 Å². The Hall–Kier alpha value is -1.32. The van der Waals surface area contributed by atoms with Crippen molar-refractivity contribution in [2.24, 2.45) is 5.14 Å². The van der Waals surface area contributed by atoms with Crippen molar-refractivity contribution in [3.63, 3.8) is 0 Å². The first-order valence-electron chi connectivity index (χ1n) is 9.17. The van der Waals surface area contributed by atoms with E-state index in [0.29, 0.717) is 25.7 Å². The minimum atomic E-state index is -4.75. The Morgan fingerprint density at radius 1 is 1.29 bits per heavy atom. The summed E-state index contributed by atoms with van der Waals surface area (Å²) in [6, 6.07) is 2.20. The van der Waals surface area contributed by atoms with Crippen molar-refractivity contribution in [1.82, 2.24) is 0 Å². The van der Waals surface area contributed by atoms with Gasteiger partial charge in [-0.3, -0.25) is 4.79 Å². The van der Waals surface area contributed by atoms with Crippen molar-refractivity contribution in [1.29, 1.82) is 0 Å². The molecule has 0 radical (unpaired) electrons. The number of anilines is 1. The van der Waals surface area contributed by atoms with Gasteiger partial charge in [-0.2, -0.15) is 13.2 Å². The highest BCUT2D eigenvalue weighted by molar-refractivity contribution is 7.89. The Labute approximate surface area is 168 Å². The molecule has 2 unspecified atom stereocenters. The van der Waals surface area contributed by atoms with Gasteiger partial charge in [0, 0.05) is 11.4 Å². The van der Waals surface area contributed by atoms with Crippen LogP contribution in [0.25, 0.3) is 0 Å². The maximum Gasteiger partial charge on any atom is 0.418 e. The smallest absolute Gasteiger partial charge is 0.307 e. The molecule has 0 aromatic heterocycles. The van der Waals surface area contributed by atoms with E-state index in [-0.39, 0.29) is 30.0 Å². The molecule has 0 spiro atoms. The number of benzene rings is 1. The van der Waals surface area contributed by atoms with Crippen LogP contribution in [0.3, 0.4) is 0 Å². The molecule has 5 nitrogen and oxygen atoms in total. The number of sulfonamides is 1. The topological polar surface area (TPSA) is 80.5 Å². The van der Waals surface area contributed by atoms with Gasteiger partial charge in [0.2, 0.25) is 15.9 Å². The van der Waals surface area contributed by atoms with Crippen LogP contribution in [-0.2, 0) is 21.0 Å². The fourth-order valence-electron chi connectivity index (χ4n) is 3.65. The van der Waals surface area contributed by atoms with Crippen LogP contribution in [0.2, 0.25) is 5.02 Å². The van der Waals surface area contributed by atoms with E-state index < -0.39 is 39.0 Å². The molecule has 1 aliphatic rings. The van der Waals surface area contributed by atoms with Crippen LogP contribution in [0, 0.1) is 0 Å². The zero-order valence-electron chi connectivity index (χ0n) is 15.5. The molecule has 1 aliphatic carbocycles. The van der Waals surface area contributed by atoms with Crippen LogP contribution in [0.4, 0.5) is 18.9 Å². The van der Waals surface area contributed by atoms with Crippen molar-refractivity contribution in [2.75, 3.05) is 4.90 Å². The summed E-state index contributed by atoms with van der Waals surface area (Å²) in [5, 5.41) is 4.13.